The molecule has 0 bridgehead atoms. The summed E-state index contributed by atoms with van der Waals surface area (Å²) >= 11 is 0. The highest BCUT2D eigenvalue weighted by molar-refractivity contribution is 5.65. The van der Waals surface area contributed by atoms with Gasteiger partial charge < -0.3 is 5.32 Å². The van der Waals surface area contributed by atoms with Crippen LogP contribution in [0.2, 0.25) is 0 Å². The average Bonchev–Trinajstić information content (AvgIpc) is 2.48. The van der Waals surface area contributed by atoms with E-state index in [9.17, 15) is 0 Å². The summed E-state index contributed by atoms with van der Waals surface area (Å²) in [6.07, 6.45) is 1.08. The van der Waals surface area contributed by atoms with Gasteiger partial charge in [0.1, 0.15) is 0 Å². The largest absolute Gasteiger partial charge is 0.316 e. The van der Waals surface area contributed by atoms with Gasteiger partial charge in [-0.15, -0.1) is 0 Å². The van der Waals surface area contributed by atoms with Gasteiger partial charge in [0.05, 0.1) is 0 Å². The van der Waals surface area contributed by atoms with E-state index in [2.05, 4.69) is 75.5 Å². The fourth-order valence-electron chi connectivity index (χ4n) is 2.68. The van der Waals surface area contributed by atoms with E-state index in [0.29, 0.717) is 12.0 Å². The van der Waals surface area contributed by atoms with Gasteiger partial charge in [-0.25, -0.2) is 0 Å². The molecule has 112 valence electrons. The number of hydrogen-bond donors (Lipinski definition) is 1. The number of rotatable bonds is 5. The van der Waals surface area contributed by atoms with Crippen molar-refractivity contribution in [3.05, 3.63) is 59.2 Å². The first kappa shape index (κ1) is 15.8. The molecule has 0 saturated carbocycles. The molecule has 2 aromatic rings. The van der Waals surface area contributed by atoms with Gasteiger partial charge in [0.25, 0.3) is 0 Å². The number of hydrogen-bond acceptors (Lipinski definition) is 1. The molecule has 0 fully saturated rings. The highest BCUT2D eigenvalue weighted by Crippen LogP contribution is 2.23. The predicted molar refractivity (Wildman–Crippen MR) is 92.7 cm³/mol. The van der Waals surface area contributed by atoms with Gasteiger partial charge in [0, 0.05) is 6.04 Å². The zero-order chi connectivity index (χ0) is 15.4. The maximum atomic E-state index is 3.41. The van der Waals surface area contributed by atoms with E-state index >= 15 is 0 Å². The fraction of sp³-hybridized carbons (Fsp3) is 0.400. The quantitative estimate of drug-likeness (QED) is 0.833. The van der Waals surface area contributed by atoms with Crippen LogP contribution in [0.3, 0.4) is 0 Å². The molecule has 0 aliphatic rings. The Balaban J connectivity index is 2.16. The van der Waals surface area contributed by atoms with Crippen molar-refractivity contribution in [3.8, 4) is 11.1 Å². The molecule has 1 heteroatoms. The Morgan fingerprint density at radius 3 is 2.00 bits per heavy atom. The Labute approximate surface area is 129 Å². The van der Waals surface area contributed by atoms with Crippen molar-refractivity contribution in [2.24, 2.45) is 5.92 Å². The minimum absolute atomic E-state index is 0.539. The van der Waals surface area contributed by atoms with Crippen LogP contribution in [0.15, 0.2) is 42.5 Å². The summed E-state index contributed by atoms with van der Waals surface area (Å²) in [7, 11) is 2.05. The molecule has 0 amide bonds. The predicted octanol–water partition coefficient (Wildman–Crippen LogP) is 4.76. The minimum Gasteiger partial charge on any atom is -0.316 e. The van der Waals surface area contributed by atoms with Gasteiger partial charge in [0.15, 0.2) is 0 Å². The van der Waals surface area contributed by atoms with E-state index in [4.69, 9.17) is 0 Å². The molecule has 0 radical (unpaired) electrons. The van der Waals surface area contributed by atoms with Crippen LogP contribution in [-0.4, -0.2) is 13.1 Å². The van der Waals surface area contributed by atoms with Crippen LogP contribution >= 0.6 is 0 Å². The van der Waals surface area contributed by atoms with Crippen LogP contribution in [-0.2, 0) is 6.42 Å². The van der Waals surface area contributed by atoms with Gasteiger partial charge in [-0.2, -0.15) is 0 Å². The number of likely N-dealkylation sites (N-methyl/N-ethyl adjacent to an activating group) is 1. The zero-order valence-electron chi connectivity index (χ0n) is 13.9. The standard InChI is InChI=1S/C20H27N/c1-14(2)20(21-5)13-17-7-10-18(11-8-17)19-9-6-15(3)16(4)12-19/h6-12,14,20-21H,13H2,1-5H3. The maximum absolute atomic E-state index is 3.41. The van der Waals surface area contributed by atoms with Gasteiger partial charge in [-0.1, -0.05) is 56.3 Å². The lowest BCUT2D eigenvalue weighted by Gasteiger charge is -2.20. The zero-order valence-corrected chi connectivity index (χ0v) is 13.9. The van der Waals surface area contributed by atoms with Crippen LogP contribution in [0, 0.1) is 19.8 Å². The second kappa shape index (κ2) is 6.91. The summed E-state index contributed by atoms with van der Waals surface area (Å²) < 4.78 is 0. The van der Waals surface area contributed by atoms with E-state index in [1.807, 2.05) is 7.05 Å². The summed E-state index contributed by atoms with van der Waals surface area (Å²) in [5.74, 6) is 0.648. The molecule has 1 atom stereocenters. The van der Waals surface area contributed by atoms with Crippen molar-refractivity contribution in [1.82, 2.24) is 5.32 Å². The molecule has 2 rings (SSSR count). The van der Waals surface area contributed by atoms with Crippen molar-refractivity contribution in [2.45, 2.75) is 40.2 Å². The molecule has 0 saturated heterocycles. The van der Waals surface area contributed by atoms with Crippen LogP contribution in [0.1, 0.15) is 30.5 Å². The van der Waals surface area contributed by atoms with Gasteiger partial charge >= 0.3 is 0 Å². The highest BCUT2D eigenvalue weighted by Gasteiger charge is 2.11. The van der Waals surface area contributed by atoms with Crippen molar-refractivity contribution >= 4 is 0 Å². The summed E-state index contributed by atoms with van der Waals surface area (Å²) in [6.45, 7) is 8.87. The van der Waals surface area contributed by atoms with E-state index in [1.54, 1.807) is 0 Å². The molecule has 0 spiro atoms. The lowest BCUT2D eigenvalue weighted by atomic mass is 9.94. The van der Waals surface area contributed by atoms with E-state index in [-0.39, 0.29) is 0 Å². The highest BCUT2D eigenvalue weighted by atomic mass is 14.9. The van der Waals surface area contributed by atoms with E-state index < -0.39 is 0 Å². The topological polar surface area (TPSA) is 12.0 Å². The van der Waals surface area contributed by atoms with Gasteiger partial charge in [0.2, 0.25) is 0 Å². The third kappa shape index (κ3) is 3.95. The first-order valence-corrected chi connectivity index (χ1v) is 7.85. The maximum Gasteiger partial charge on any atom is 0.0127 e. The molecule has 1 nitrogen and oxygen atoms in total. The second-order valence-electron chi connectivity index (χ2n) is 6.34. The Kier molecular flexibility index (Phi) is 5.19. The first-order valence-electron chi connectivity index (χ1n) is 7.85. The first-order chi connectivity index (χ1) is 10.0. The Morgan fingerprint density at radius 2 is 1.48 bits per heavy atom. The van der Waals surface area contributed by atoms with Crippen molar-refractivity contribution in [2.75, 3.05) is 7.05 Å². The fourth-order valence-corrected chi connectivity index (χ4v) is 2.68. The molecule has 0 aromatic heterocycles. The summed E-state index contributed by atoms with van der Waals surface area (Å²) in [5, 5.41) is 3.41. The Hall–Kier alpha value is -1.60. The molecule has 1 unspecified atom stereocenters. The normalized spacial score (nSPS) is 12.7. The molecule has 2 aromatic carbocycles. The van der Waals surface area contributed by atoms with Gasteiger partial charge in [-0.05, 0) is 61.1 Å². The second-order valence-corrected chi connectivity index (χ2v) is 6.34. The molecule has 1 N–H and O–H groups in total. The third-order valence-electron chi connectivity index (χ3n) is 4.43. The smallest absolute Gasteiger partial charge is 0.0127 e. The molecule has 0 aliphatic heterocycles. The average molecular weight is 281 g/mol. The lowest BCUT2D eigenvalue weighted by molar-refractivity contribution is 0.424. The van der Waals surface area contributed by atoms with Crippen LogP contribution in [0.4, 0.5) is 0 Å². The van der Waals surface area contributed by atoms with Crippen LogP contribution < -0.4 is 5.32 Å². The van der Waals surface area contributed by atoms with Crippen LogP contribution in [0.5, 0.6) is 0 Å². The number of nitrogens with one attached hydrogen (secondary N) is 1. The number of aryl methyl sites for hydroxylation is 2. The molecular formula is C20H27N. The minimum atomic E-state index is 0.539. The summed E-state index contributed by atoms with van der Waals surface area (Å²) in [4.78, 5) is 0. The molecular weight excluding hydrogens is 254 g/mol. The molecule has 21 heavy (non-hydrogen) atoms. The van der Waals surface area contributed by atoms with Crippen LogP contribution in [0.25, 0.3) is 11.1 Å². The molecule has 0 aliphatic carbocycles. The lowest BCUT2D eigenvalue weighted by Crippen LogP contribution is -2.32. The monoisotopic (exact) mass is 281 g/mol. The van der Waals surface area contributed by atoms with E-state index in [0.717, 1.165) is 6.42 Å². The number of benzene rings is 2. The van der Waals surface area contributed by atoms with Crippen molar-refractivity contribution in [1.29, 1.82) is 0 Å². The third-order valence-corrected chi connectivity index (χ3v) is 4.43. The molecule has 0 heterocycles. The van der Waals surface area contributed by atoms with Gasteiger partial charge in [-0.3, -0.25) is 0 Å². The Morgan fingerprint density at radius 1 is 0.857 bits per heavy atom. The Bertz CT molecular complexity index is 581. The van der Waals surface area contributed by atoms with Crippen molar-refractivity contribution in [3.63, 3.8) is 0 Å². The van der Waals surface area contributed by atoms with E-state index in [1.165, 1.54) is 27.8 Å². The summed E-state index contributed by atoms with van der Waals surface area (Å²) in [5.41, 5.74) is 6.71. The SMILES string of the molecule is CNC(Cc1ccc(-c2ccc(C)c(C)c2)cc1)C(C)C. The summed E-state index contributed by atoms with van der Waals surface area (Å²) in [6, 6.07) is 16.2. The van der Waals surface area contributed by atoms with Crippen molar-refractivity contribution < 1.29 is 0 Å².